The first-order valence-corrected chi connectivity index (χ1v) is 9.75. The lowest BCUT2D eigenvalue weighted by atomic mass is 9.94. The molecule has 2 aromatic rings. The summed E-state index contributed by atoms with van der Waals surface area (Å²) in [6.07, 6.45) is 4.46. The Kier molecular flexibility index (Phi) is 4.72. The van der Waals surface area contributed by atoms with Gasteiger partial charge in [-0.25, -0.2) is 0 Å². The zero-order chi connectivity index (χ0) is 19.0. The Morgan fingerprint density at radius 1 is 1.11 bits per heavy atom. The van der Waals surface area contributed by atoms with E-state index in [-0.39, 0.29) is 35.7 Å². The van der Waals surface area contributed by atoms with E-state index in [4.69, 9.17) is 0 Å². The van der Waals surface area contributed by atoms with Crippen LogP contribution in [0.25, 0.3) is 10.9 Å². The molecule has 3 saturated heterocycles. The highest BCUT2D eigenvalue weighted by Crippen LogP contribution is 2.29. The number of nitrogens with zero attached hydrogens (tertiary/aromatic N) is 3. The molecule has 0 saturated carbocycles. The fraction of sp³-hybridized carbons (Fsp3) is 0.476. The van der Waals surface area contributed by atoms with E-state index in [2.05, 4.69) is 6.92 Å². The lowest BCUT2D eigenvalue weighted by Gasteiger charge is -2.35. The van der Waals surface area contributed by atoms with Crippen molar-refractivity contribution in [3.05, 3.63) is 46.8 Å². The number of carbonyl (C=O) groups is 2. The van der Waals surface area contributed by atoms with Crippen molar-refractivity contribution in [1.82, 2.24) is 14.4 Å². The molecule has 4 heterocycles. The SMILES string of the molecule is CCCN1C(=O)C2CCC1CN(C(=O)Cn1ccc(=O)c3ccccc31)C2. The van der Waals surface area contributed by atoms with Crippen LogP contribution < -0.4 is 5.43 Å². The first kappa shape index (κ1) is 17.8. The Morgan fingerprint density at radius 3 is 2.74 bits per heavy atom. The molecule has 2 bridgehead atoms. The predicted molar refractivity (Wildman–Crippen MR) is 103 cm³/mol. The second-order valence-corrected chi connectivity index (χ2v) is 7.58. The van der Waals surface area contributed by atoms with E-state index in [1.807, 2.05) is 32.6 Å². The number of para-hydroxylation sites is 1. The summed E-state index contributed by atoms with van der Waals surface area (Å²) in [5.74, 6) is 0.133. The van der Waals surface area contributed by atoms with Crippen LogP contribution in [0, 0.1) is 5.92 Å². The molecule has 0 radical (unpaired) electrons. The topological polar surface area (TPSA) is 62.6 Å². The summed E-state index contributed by atoms with van der Waals surface area (Å²) in [6, 6.07) is 8.99. The van der Waals surface area contributed by atoms with Crippen molar-refractivity contribution in [2.45, 2.75) is 38.8 Å². The Hall–Kier alpha value is -2.63. The van der Waals surface area contributed by atoms with Crippen molar-refractivity contribution < 1.29 is 9.59 Å². The molecule has 6 heteroatoms. The smallest absolute Gasteiger partial charge is 0.242 e. The van der Waals surface area contributed by atoms with Crippen LogP contribution >= 0.6 is 0 Å². The lowest BCUT2D eigenvalue weighted by Crippen LogP contribution is -2.48. The van der Waals surface area contributed by atoms with Gasteiger partial charge in [-0.1, -0.05) is 19.1 Å². The number of hydrogen-bond acceptors (Lipinski definition) is 3. The molecule has 0 spiro atoms. The predicted octanol–water partition coefficient (Wildman–Crippen LogP) is 1.86. The van der Waals surface area contributed by atoms with Crippen LogP contribution in [0.15, 0.2) is 41.3 Å². The van der Waals surface area contributed by atoms with Crippen LogP contribution in [-0.2, 0) is 16.1 Å². The first-order chi connectivity index (χ1) is 13.1. The summed E-state index contributed by atoms with van der Waals surface area (Å²) in [4.78, 5) is 41.6. The molecular formula is C21H25N3O3. The van der Waals surface area contributed by atoms with E-state index >= 15 is 0 Å². The monoisotopic (exact) mass is 367 g/mol. The molecule has 1 aromatic carbocycles. The molecule has 2 amide bonds. The number of carbonyl (C=O) groups excluding carboxylic acids is 2. The van der Waals surface area contributed by atoms with Gasteiger partial charge in [-0.05, 0) is 31.4 Å². The summed E-state index contributed by atoms with van der Waals surface area (Å²) >= 11 is 0. The van der Waals surface area contributed by atoms with Gasteiger partial charge in [-0.3, -0.25) is 14.4 Å². The number of fused-ring (bicyclic) bond motifs is 5. The van der Waals surface area contributed by atoms with E-state index < -0.39 is 0 Å². The number of benzene rings is 1. The van der Waals surface area contributed by atoms with Crippen molar-refractivity contribution in [1.29, 1.82) is 0 Å². The largest absolute Gasteiger partial charge is 0.338 e. The summed E-state index contributed by atoms with van der Waals surface area (Å²) in [5, 5.41) is 0.619. The molecule has 0 aliphatic carbocycles. The maximum atomic E-state index is 13.0. The van der Waals surface area contributed by atoms with Gasteiger partial charge in [0.25, 0.3) is 0 Å². The fourth-order valence-corrected chi connectivity index (χ4v) is 4.42. The summed E-state index contributed by atoms with van der Waals surface area (Å²) < 4.78 is 1.83. The standard InChI is InChI=1S/C21H25N3O3/c1-2-10-24-16-8-7-15(21(24)27)12-23(13-16)20(26)14-22-11-9-19(25)17-5-3-4-6-18(17)22/h3-6,9,11,15-16H,2,7-8,10,12-14H2,1H3. The second-order valence-electron chi connectivity index (χ2n) is 7.58. The lowest BCUT2D eigenvalue weighted by molar-refractivity contribution is -0.139. The van der Waals surface area contributed by atoms with E-state index in [0.29, 0.717) is 18.5 Å². The van der Waals surface area contributed by atoms with Crippen LogP contribution in [0.4, 0.5) is 0 Å². The number of piperidine rings is 1. The minimum atomic E-state index is -0.0787. The number of pyridine rings is 1. The summed E-state index contributed by atoms with van der Waals surface area (Å²) in [7, 11) is 0. The van der Waals surface area contributed by atoms with Gasteiger partial charge in [0.2, 0.25) is 11.8 Å². The highest BCUT2D eigenvalue weighted by Gasteiger charge is 2.41. The van der Waals surface area contributed by atoms with Crippen molar-refractivity contribution >= 4 is 22.7 Å². The van der Waals surface area contributed by atoms with Crippen molar-refractivity contribution in [2.24, 2.45) is 5.92 Å². The van der Waals surface area contributed by atoms with Crippen molar-refractivity contribution in [3.63, 3.8) is 0 Å². The van der Waals surface area contributed by atoms with Crippen LogP contribution in [-0.4, -0.2) is 51.9 Å². The Morgan fingerprint density at radius 2 is 1.93 bits per heavy atom. The molecular weight excluding hydrogens is 342 g/mol. The van der Waals surface area contributed by atoms with E-state index in [1.165, 1.54) is 6.07 Å². The Labute approximate surface area is 158 Å². The van der Waals surface area contributed by atoms with Crippen LogP contribution in [0.5, 0.6) is 0 Å². The van der Waals surface area contributed by atoms with Crippen LogP contribution in [0.3, 0.4) is 0 Å². The minimum absolute atomic E-state index is 0.00634. The Bertz CT molecular complexity index is 936. The number of aromatic nitrogens is 1. The van der Waals surface area contributed by atoms with E-state index in [9.17, 15) is 14.4 Å². The maximum absolute atomic E-state index is 13.0. The van der Waals surface area contributed by atoms with Gasteiger partial charge in [-0.15, -0.1) is 0 Å². The number of rotatable bonds is 4. The van der Waals surface area contributed by atoms with Gasteiger partial charge >= 0.3 is 0 Å². The summed E-state index contributed by atoms with van der Waals surface area (Å²) in [6.45, 7) is 4.15. The number of amides is 2. The molecule has 0 N–H and O–H groups in total. The fourth-order valence-electron chi connectivity index (χ4n) is 4.42. The number of hydrogen-bond donors (Lipinski definition) is 0. The second kappa shape index (κ2) is 7.18. The van der Waals surface area contributed by atoms with Crippen molar-refractivity contribution in [3.8, 4) is 0 Å². The molecule has 142 valence electrons. The average molecular weight is 367 g/mol. The molecule has 3 fully saturated rings. The van der Waals surface area contributed by atoms with E-state index in [0.717, 1.165) is 31.3 Å². The highest BCUT2D eigenvalue weighted by atomic mass is 16.2. The molecule has 3 aliphatic heterocycles. The van der Waals surface area contributed by atoms with Crippen molar-refractivity contribution in [2.75, 3.05) is 19.6 Å². The maximum Gasteiger partial charge on any atom is 0.242 e. The molecule has 6 nitrogen and oxygen atoms in total. The van der Waals surface area contributed by atoms with Crippen LogP contribution in [0.1, 0.15) is 26.2 Å². The van der Waals surface area contributed by atoms with Gasteiger partial charge in [0, 0.05) is 43.3 Å². The Balaban J connectivity index is 1.57. The van der Waals surface area contributed by atoms with Gasteiger partial charge in [-0.2, -0.15) is 0 Å². The highest BCUT2D eigenvalue weighted by molar-refractivity contribution is 5.84. The normalized spacial score (nSPS) is 22.3. The third-order valence-electron chi connectivity index (χ3n) is 5.80. The first-order valence-electron chi connectivity index (χ1n) is 9.75. The zero-order valence-corrected chi connectivity index (χ0v) is 15.6. The van der Waals surface area contributed by atoms with Gasteiger partial charge < -0.3 is 14.4 Å². The minimum Gasteiger partial charge on any atom is -0.338 e. The van der Waals surface area contributed by atoms with E-state index in [1.54, 1.807) is 12.3 Å². The van der Waals surface area contributed by atoms with Crippen LogP contribution in [0.2, 0.25) is 0 Å². The molecule has 2 atom stereocenters. The average Bonchev–Trinajstić information content (AvgIpc) is 2.97. The molecule has 5 rings (SSSR count). The van der Waals surface area contributed by atoms with Gasteiger partial charge in [0.15, 0.2) is 5.43 Å². The third-order valence-corrected chi connectivity index (χ3v) is 5.80. The quantitative estimate of drug-likeness (QED) is 0.829. The molecule has 1 aromatic heterocycles. The molecule has 27 heavy (non-hydrogen) atoms. The third kappa shape index (κ3) is 3.24. The zero-order valence-electron chi connectivity index (χ0n) is 15.6. The van der Waals surface area contributed by atoms with Gasteiger partial charge in [0.1, 0.15) is 6.54 Å². The molecule has 3 aliphatic rings. The summed E-state index contributed by atoms with van der Waals surface area (Å²) in [5.41, 5.74) is 0.725. The molecule has 2 unspecified atom stereocenters. The van der Waals surface area contributed by atoms with Gasteiger partial charge in [0.05, 0.1) is 11.4 Å².